The van der Waals surface area contributed by atoms with E-state index in [1.54, 1.807) is 18.3 Å². The number of fused-ring (bicyclic) bond motifs is 1. The van der Waals surface area contributed by atoms with Crippen molar-refractivity contribution < 1.29 is 13.5 Å². The highest BCUT2D eigenvalue weighted by Crippen LogP contribution is 2.47. The number of rotatable bonds is 4. The summed E-state index contributed by atoms with van der Waals surface area (Å²) in [7, 11) is 1.37. The second-order valence-electron chi connectivity index (χ2n) is 6.37. The Labute approximate surface area is 169 Å². The van der Waals surface area contributed by atoms with Crippen molar-refractivity contribution in [2.45, 2.75) is 12.0 Å². The predicted molar refractivity (Wildman–Crippen MR) is 107 cm³/mol. The summed E-state index contributed by atoms with van der Waals surface area (Å²) in [5, 5.41) is 0. The zero-order valence-electron chi connectivity index (χ0n) is 14.9. The number of benzene rings is 2. The van der Waals surface area contributed by atoms with E-state index >= 15 is 0 Å². The van der Waals surface area contributed by atoms with Crippen LogP contribution in [0.15, 0.2) is 70.3 Å². The molecule has 0 bridgehead atoms. The molecule has 2 heterocycles. The lowest BCUT2D eigenvalue weighted by Crippen LogP contribution is -2.26. The first-order valence-electron chi connectivity index (χ1n) is 8.51. The number of pyridine rings is 1. The third-order valence-electron chi connectivity index (χ3n) is 4.85. The molecule has 1 unspecified atom stereocenters. The molecular weight excluding hydrogens is 428 g/mol. The number of ether oxygens (including phenoxy) is 1. The van der Waals surface area contributed by atoms with Gasteiger partial charge in [-0.1, -0.05) is 40.2 Å². The number of hydrogen-bond donors (Lipinski definition) is 1. The van der Waals surface area contributed by atoms with Gasteiger partial charge in [0.2, 0.25) is 0 Å². The quantitative estimate of drug-likeness (QED) is 0.629. The molecule has 4 rings (SSSR count). The molecule has 1 aliphatic heterocycles. The van der Waals surface area contributed by atoms with Gasteiger partial charge in [-0.2, -0.15) is 0 Å². The molecule has 1 aliphatic rings. The van der Waals surface area contributed by atoms with Crippen LogP contribution in [0.2, 0.25) is 0 Å². The number of alkyl halides is 2. The molecule has 2 N–H and O–H groups in total. The van der Waals surface area contributed by atoms with E-state index in [4.69, 9.17) is 15.5 Å². The van der Waals surface area contributed by atoms with Gasteiger partial charge in [-0.15, -0.1) is 0 Å². The zero-order chi connectivity index (χ0) is 19.9. The first kappa shape index (κ1) is 18.6. The molecule has 0 saturated heterocycles. The summed E-state index contributed by atoms with van der Waals surface area (Å²) < 4.78 is 33.3. The van der Waals surface area contributed by atoms with Crippen molar-refractivity contribution in [2.75, 3.05) is 7.11 Å². The maximum Gasteiger partial charge on any atom is 0.267 e. The van der Waals surface area contributed by atoms with Gasteiger partial charge in [-0.25, -0.2) is 13.8 Å². The van der Waals surface area contributed by atoms with Crippen LogP contribution in [0, 0.1) is 0 Å². The summed E-state index contributed by atoms with van der Waals surface area (Å²) in [4.78, 5) is 9.11. The van der Waals surface area contributed by atoms with Crippen LogP contribution in [0.4, 0.5) is 8.78 Å². The average Bonchev–Trinajstić information content (AvgIpc) is 3.01. The predicted octanol–water partition coefficient (Wildman–Crippen LogP) is 4.80. The van der Waals surface area contributed by atoms with Gasteiger partial charge in [0.1, 0.15) is 22.8 Å². The van der Waals surface area contributed by atoms with E-state index in [9.17, 15) is 8.78 Å². The Morgan fingerprint density at radius 1 is 1.07 bits per heavy atom. The van der Waals surface area contributed by atoms with Gasteiger partial charge in [0.25, 0.3) is 6.43 Å². The number of methoxy groups -OCH3 is 1. The van der Waals surface area contributed by atoms with E-state index in [1.807, 2.05) is 30.3 Å². The summed E-state index contributed by atoms with van der Waals surface area (Å²) in [6.07, 6.45) is -1.05. The van der Waals surface area contributed by atoms with Crippen LogP contribution in [0.1, 0.15) is 34.4 Å². The smallest absolute Gasteiger partial charge is 0.267 e. The third-order valence-corrected chi connectivity index (χ3v) is 5.35. The normalized spacial score (nSPS) is 18.1. The second-order valence-corrected chi connectivity index (χ2v) is 7.29. The Hall–Kier alpha value is -2.80. The fraction of sp³-hybridized carbons (Fsp3) is 0.143. The first-order valence-corrected chi connectivity index (χ1v) is 9.30. The van der Waals surface area contributed by atoms with Crippen molar-refractivity contribution in [3.8, 4) is 5.75 Å². The van der Waals surface area contributed by atoms with Gasteiger partial charge in [0.05, 0.1) is 12.7 Å². The summed E-state index contributed by atoms with van der Waals surface area (Å²) >= 11 is 3.49. The molecule has 0 amide bonds. The van der Waals surface area contributed by atoms with Gasteiger partial charge in [0.15, 0.2) is 0 Å². The molecule has 4 nitrogen and oxygen atoms in total. The number of hydrogen-bond acceptors (Lipinski definition) is 4. The lowest BCUT2D eigenvalue weighted by molar-refractivity contribution is 0.147. The molecule has 0 aliphatic carbocycles. The average molecular weight is 444 g/mol. The van der Waals surface area contributed by atoms with Gasteiger partial charge in [-0.3, -0.25) is 4.98 Å². The Bertz CT molecular complexity index is 1090. The van der Waals surface area contributed by atoms with E-state index in [1.165, 1.54) is 19.2 Å². The van der Waals surface area contributed by atoms with Gasteiger partial charge >= 0.3 is 0 Å². The Kier molecular flexibility index (Phi) is 4.63. The largest absolute Gasteiger partial charge is 0.496 e. The minimum atomic E-state index is -2.69. The lowest BCUT2D eigenvalue weighted by Gasteiger charge is -2.29. The molecule has 142 valence electrons. The Balaban J connectivity index is 2.06. The van der Waals surface area contributed by atoms with Crippen molar-refractivity contribution in [1.82, 2.24) is 4.98 Å². The topological polar surface area (TPSA) is 60.5 Å². The highest BCUT2D eigenvalue weighted by molar-refractivity contribution is 9.10. The molecule has 7 heteroatoms. The summed E-state index contributed by atoms with van der Waals surface area (Å²) in [5.74, 6) is 0.398. The number of aliphatic imine (C=N–C) groups is 1. The standard InChI is InChI=1S/C21H16BrF2N3O/c1-28-17-8-7-13(11-15(17)19(23)24)21(12-4-2-5-14(22)10-12)16-6-3-9-26-18(16)20(25)27-21/h2-11,19H,1H3,(H2,25,27). The zero-order valence-corrected chi connectivity index (χ0v) is 16.5. The van der Waals surface area contributed by atoms with Crippen LogP contribution in [-0.2, 0) is 5.54 Å². The van der Waals surface area contributed by atoms with E-state index in [0.29, 0.717) is 11.3 Å². The van der Waals surface area contributed by atoms with Crippen molar-refractivity contribution in [3.05, 3.63) is 93.2 Å². The van der Waals surface area contributed by atoms with E-state index in [2.05, 4.69) is 20.9 Å². The van der Waals surface area contributed by atoms with Crippen LogP contribution in [0.25, 0.3) is 0 Å². The fourth-order valence-corrected chi connectivity index (χ4v) is 4.04. The van der Waals surface area contributed by atoms with Crippen molar-refractivity contribution >= 4 is 21.8 Å². The number of amidine groups is 1. The van der Waals surface area contributed by atoms with Crippen molar-refractivity contribution in [2.24, 2.45) is 10.7 Å². The minimum absolute atomic E-state index is 0.129. The number of nitrogens with two attached hydrogens (primary N) is 1. The molecule has 3 aromatic rings. The molecule has 0 radical (unpaired) electrons. The van der Waals surface area contributed by atoms with E-state index < -0.39 is 12.0 Å². The molecule has 0 spiro atoms. The van der Waals surface area contributed by atoms with Gasteiger partial charge in [0, 0.05) is 16.2 Å². The monoisotopic (exact) mass is 443 g/mol. The number of nitrogens with zero attached hydrogens (tertiary/aromatic N) is 2. The first-order chi connectivity index (χ1) is 13.5. The fourth-order valence-electron chi connectivity index (χ4n) is 3.65. The molecule has 0 saturated carbocycles. The molecule has 1 aromatic heterocycles. The van der Waals surface area contributed by atoms with Gasteiger partial charge in [-0.05, 0) is 41.5 Å². The summed E-state index contributed by atoms with van der Waals surface area (Å²) in [5.41, 5.74) is 7.58. The van der Waals surface area contributed by atoms with Crippen LogP contribution in [0.3, 0.4) is 0 Å². The highest BCUT2D eigenvalue weighted by Gasteiger charge is 2.44. The maximum atomic E-state index is 13.7. The molecule has 0 fully saturated rings. The molecule has 2 aromatic carbocycles. The lowest BCUT2D eigenvalue weighted by atomic mass is 9.78. The number of aromatic nitrogens is 1. The highest BCUT2D eigenvalue weighted by atomic mass is 79.9. The van der Waals surface area contributed by atoms with E-state index in [-0.39, 0.29) is 17.1 Å². The van der Waals surface area contributed by atoms with Crippen LogP contribution < -0.4 is 10.5 Å². The number of halogens is 3. The molecule has 1 atom stereocenters. The van der Waals surface area contributed by atoms with Crippen molar-refractivity contribution in [1.29, 1.82) is 0 Å². The Morgan fingerprint density at radius 3 is 2.57 bits per heavy atom. The molecule has 28 heavy (non-hydrogen) atoms. The summed E-state index contributed by atoms with van der Waals surface area (Å²) in [6.45, 7) is 0. The van der Waals surface area contributed by atoms with Crippen molar-refractivity contribution in [3.63, 3.8) is 0 Å². The Morgan fingerprint density at radius 2 is 1.86 bits per heavy atom. The minimum Gasteiger partial charge on any atom is -0.496 e. The van der Waals surface area contributed by atoms with Crippen LogP contribution >= 0.6 is 15.9 Å². The summed E-state index contributed by atoms with van der Waals surface area (Å²) in [6, 6.07) is 15.9. The van der Waals surface area contributed by atoms with E-state index in [0.717, 1.165) is 15.6 Å². The van der Waals surface area contributed by atoms with Crippen LogP contribution in [0.5, 0.6) is 5.75 Å². The van der Waals surface area contributed by atoms with Gasteiger partial charge < -0.3 is 10.5 Å². The second kappa shape index (κ2) is 6.98. The molecular formula is C21H16BrF2N3O. The maximum absolute atomic E-state index is 13.7. The van der Waals surface area contributed by atoms with Crippen LogP contribution in [-0.4, -0.2) is 17.9 Å². The SMILES string of the molecule is COc1ccc(C2(c3cccc(Br)c3)N=C(N)c3ncccc32)cc1C(F)F. The third kappa shape index (κ3) is 2.77.